The Morgan fingerprint density at radius 2 is 1.87 bits per heavy atom. The van der Waals surface area contributed by atoms with Crippen LogP contribution in [0.3, 0.4) is 0 Å². The van der Waals surface area contributed by atoms with E-state index >= 15 is 0 Å². The van der Waals surface area contributed by atoms with E-state index in [0.29, 0.717) is 5.92 Å². The second-order valence-electron chi connectivity index (χ2n) is 4.06. The van der Waals surface area contributed by atoms with Crippen LogP contribution in [0.2, 0.25) is 0 Å². The molecule has 0 spiro atoms. The second kappa shape index (κ2) is 5.76. The van der Waals surface area contributed by atoms with E-state index in [9.17, 15) is 0 Å². The number of benzene rings is 1. The third-order valence-corrected chi connectivity index (χ3v) is 2.86. The summed E-state index contributed by atoms with van der Waals surface area (Å²) in [5.41, 5.74) is 7.37. The van der Waals surface area contributed by atoms with Crippen LogP contribution in [0.1, 0.15) is 38.3 Å². The van der Waals surface area contributed by atoms with Crippen LogP contribution in [0.5, 0.6) is 5.75 Å². The number of rotatable bonds is 5. The average molecular weight is 207 g/mol. The van der Waals surface area contributed by atoms with Crippen molar-refractivity contribution in [1.29, 1.82) is 0 Å². The van der Waals surface area contributed by atoms with Crippen molar-refractivity contribution in [2.75, 3.05) is 7.11 Å². The Kier molecular flexibility index (Phi) is 4.63. The van der Waals surface area contributed by atoms with Gasteiger partial charge in [-0.15, -0.1) is 0 Å². The fourth-order valence-corrected chi connectivity index (χ4v) is 1.79. The van der Waals surface area contributed by atoms with Crippen molar-refractivity contribution in [1.82, 2.24) is 0 Å². The summed E-state index contributed by atoms with van der Waals surface area (Å²) in [6.07, 6.45) is 2.36. The first-order chi connectivity index (χ1) is 7.19. The highest BCUT2D eigenvalue weighted by Crippen LogP contribution is 2.24. The number of hydrogen-bond donors (Lipinski definition) is 1. The predicted octanol–water partition coefficient (Wildman–Crippen LogP) is 3.13. The molecule has 1 rings (SSSR count). The molecule has 0 saturated carbocycles. The summed E-state index contributed by atoms with van der Waals surface area (Å²) in [4.78, 5) is 0. The molecule has 2 heteroatoms. The van der Waals surface area contributed by atoms with Gasteiger partial charge in [0.25, 0.3) is 0 Å². The van der Waals surface area contributed by atoms with Crippen LogP contribution >= 0.6 is 0 Å². The first kappa shape index (κ1) is 12.1. The number of hydrogen-bond acceptors (Lipinski definition) is 2. The Morgan fingerprint density at radius 1 is 1.27 bits per heavy atom. The number of ether oxygens (including phenoxy) is 1. The minimum atomic E-state index is 0.135. The predicted molar refractivity (Wildman–Crippen MR) is 64.0 cm³/mol. The third-order valence-electron chi connectivity index (χ3n) is 2.86. The van der Waals surface area contributed by atoms with Crippen LogP contribution < -0.4 is 10.5 Å². The standard InChI is InChI=1S/C13H21NO/c1-4-5-10(2)13(14)11-6-8-12(15-3)9-7-11/h6-10,13H,4-5,14H2,1-3H3. The van der Waals surface area contributed by atoms with Gasteiger partial charge in [-0.2, -0.15) is 0 Å². The van der Waals surface area contributed by atoms with Gasteiger partial charge in [-0.25, -0.2) is 0 Å². The van der Waals surface area contributed by atoms with E-state index in [-0.39, 0.29) is 6.04 Å². The molecule has 2 N–H and O–H groups in total. The van der Waals surface area contributed by atoms with Gasteiger partial charge >= 0.3 is 0 Å². The minimum absolute atomic E-state index is 0.135. The van der Waals surface area contributed by atoms with Crippen LogP contribution in [-0.2, 0) is 0 Å². The van der Waals surface area contributed by atoms with Crippen LogP contribution in [0.25, 0.3) is 0 Å². The van der Waals surface area contributed by atoms with E-state index in [0.717, 1.165) is 5.75 Å². The van der Waals surface area contributed by atoms with Crippen molar-refractivity contribution in [3.63, 3.8) is 0 Å². The Bertz CT molecular complexity index is 281. The molecule has 0 amide bonds. The highest BCUT2D eigenvalue weighted by Gasteiger charge is 2.13. The van der Waals surface area contributed by atoms with Crippen LogP contribution in [0.15, 0.2) is 24.3 Å². The Labute approximate surface area is 92.4 Å². The maximum Gasteiger partial charge on any atom is 0.118 e. The van der Waals surface area contributed by atoms with Crippen molar-refractivity contribution >= 4 is 0 Å². The van der Waals surface area contributed by atoms with E-state index in [1.165, 1.54) is 18.4 Å². The molecule has 1 aromatic carbocycles. The third kappa shape index (κ3) is 3.24. The topological polar surface area (TPSA) is 35.2 Å². The fourth-order valence-electron chi connectivity index (χ4n) is 1.79. The Balaban J connectivity index is 2.69. The molecule has 2 atom stereocenters. The molecule has 0 radical (unpaired) electrons. The van der Waals surface area contributed by atoms with Gasteiger partial charge in [0, 0.05) is 6.04 Å². The molecule has 2 nitrogen and oxygen atoms in total. The zero-order chi connectivity index (χ0) is 11.3. The molecule has 84 valence electrons. The van der Waals surface area contributed by atoms with E-state index in [1.807, 2.05) is 12.1 Å². The summed E-state index contributed by atoms with van der Waals surface area (Å²) in [6.45, 7) is 4.40. The summed E-state index contributed by atoms with van der Waals surface area (Å²) in [5.74, 6) is 1.41. The molecule has 0 aliphatic heterocycles. The molecule has 15 heavy (non-hydrogen) atoms. The van der Waals surface area contributed by atoms with Gasteiger partial charge in [-0.3, -0.25) is 0 Å². The van der Waals surface area contributed by atoms with E-state index in [1.54, 1.807) is 7.11 Å². The smallest absolute Gasteiger partial charge is 0.118 e. The summed E-state index contributed by atoms with van der Waals surface area (Å²) < 4.78 is 5.12. The van der Waals surface area contributed by atoms with Crippen molar-refractivity contribution in [2.45, 2.75) is 32.7 Å². The lowest BCUT2D eigenvalue weighted by molar-refractivity contribution is 0.412. The first-order valence-electron chi connectivity index (χ1n) is 5.58. The summed E-state index contributed by atoms with van der Waals surface area (Å²) in [5, 5.41) is 0. The molecule has 0 bridgehead atoms. The normalized spacial score (nSPS) is 14.7. The number of nitrogens with two attached hydrogens (primary N) is 1. The lowest BCUT2D eigenvalue weighted by Crippen LogP contribution is -2.18. The van der Waals surface area contributed by atoms with E-state index in [4.69, 9.17) is 10.5 Å². The summed E-state index contributed by atoms with van der Waals surface area (Å²) >= 11 is 0. The van der Waals surface area contributed by atoms with Crippen molar-refractivity contribution < 1.29 is 4.74 Å². The molecule has 1 aromatic rings. The Morgan fingerprint density at radius 3 is 2.33 bits per heavy atom. The van der Waals surface area contributed by atoms with Gasteiger partial charge in [0.2, 0.25) is 0 Å². The number of methoxy groups -OCH3 is 1. The molecule has 0 saturated heterocycles. The van der Waals surface area contributed by atoms with Gasteiger partial charge in [0.15, 0.2) is 0 Å². The summed E-state index contributed by atoms with van der Waals surface area (Å²) in [7, 11) is 1.68. The molecule has 0 fully saturated rings. The molecule has 0 aliphatic rings. The molecule has 0 aliphatic carbocycles. The molecule has 2 unspecified atom stereocenters. The van der Waals surface area contributed by atoms with Crippen molar-refractivity contribution in [3.05, 3.63) is 29.8 Å². The zero-order valence-corrected chi connectivity index (χ0v) is 9.86. The minimum Gasteiger partial charge on any atom is -0.497 e. The Hall–Kier alpha value is -1.02. The van der Waals surface area contributed by atoms with Gasteiger partial charge in [0.1, 0.15) is 5.75 Å². The molecular formula is C13H21NO. The highest BCUT2D eigenvalue weighted by molar-refractivity contribution is 5.29. The van der Waals surface area contributed by atoms with Crippen LogP contribution in [-0.4, -0.2) is 7.11 Å². The van der Waals surface area contributed by atoms with Crippen molar-refractivity contribution in [2.24, 2.45) is 11.7 Å². The largest absolute Gasteiger partial charge is 0.497 e. The van der Waals surface area contributed by atoms with Gasteiger partial charge in [-0.1, -0.05) is 32.4 Å². The zero-order valence-electron chi connectivity index (χ0n) is 9.86. The second-order valence-corrected chi connectivity index (χ2v) is 4.06. The maximum atomic E-state index is 6.18. The SMILES string of the molecule is CCCC(C)C(N)c1ccc(OC)cc1. The van der Waals surface area contributed by atoms with Gasteiger partial charge in [-0.05, 0) is 30.0 Å². The lowest BCUT2D eigenvalue weighted by atomic mass is 9.92. The summed E-state index contributed by atoms with van der Waals surface area (Å²) in [6, 6.07) is 8.17. The first-order valence-corrected chi connectivity index (χ1v) is 5.58. The monoisotopic (exact) mass is 207 g/mol. The molecule has 0 heterocycles. The van der Waals surface area contributed by atoms with E-state index < -0.39 is 0 Å². The molecular weight excluding hydrogens is 186 g/mol. The van der Waals surface area contributed by atoms with Crippen LogP contribution in [0.4, 0.5) is 0 Å². The fraction of sp³-hybridized carbons (Fsp3) is 0.538. The van der Waals surface area contributed by atoms with E-state index in [2.05, 4.69) is 26.0 Å². The van der Waals surface area contributed by atoms with Crippen molar-refractivity contribution in [3.8, 4) is 5.75 Å². The molecule has 0 aromatic heterocycles. The van der Waals surface area contributed by atoms with Gasteiger partial charge < -0.3 is 10.5 Å². The van der Waals surface area contributed by atoms with Gasteiger partial charge in [0.05, 0.1) is 7.11 Å². The lowest BCUT2D eigenvalue weighted by Gasteiger charge is -2.19. The average Bonchev–Trinajstić information content (AvgIpc) is 2.28. The maximum absolute atomic E-state index is 6.18. The van der Waals surface area contributed by atoms with Crippen LogP contribution in [0, 0.1) is 5.92 Å². The highest BCUT2D eigenvalue weighted by atomic mass is 16.5. The quantitative estimate of drug-likeness (QED) is 0.805.